The summed E-state index contributed by atoms with van der Waals surface area (Å²) in [5, 5.41) is 14.3. The minimum Gasteiger partial charge on any atom is -0.309 e. The molecule has 0 aliphatic carbocycles. The van der Waals surface area contributed by atoms with Gasteiger partial charge in [-0.25, -0.2) is 15.0 Å². The van der Waals surface area contributed by atoms with Crippen LogP contribution in [0, 0.1) is 0 Å². The first-order valence-electron chi connectivity index (χ1n) is 25.4. The van der Waals surface area contributed by atoms with Gasteiger partial charge in [0.15, 0.2) is 17.5 Å². The number of hydrogen-bond donors (Lipinski definition) is 0. The minimum atomic E-state index is 0.632. The third-order valence-electron chi connectivity index (χ3n) is 15.3. The summed E-state index contributed by atoms with van der Waals surface area (Å²) in [6, 6.07) is 90.1. The van der Waals surface area contributed by atoms with Crippen molar-refractivity contribution in [3.05, 3.63) is 249 Å². The van der Waals surface area contributed by atoms with E-state index in [0.717, 1.165) is 54.6 Å². The lowest BCUT2D eigenvalue weighted by atomic mass is 9.99. The number of rotatable bonds is 6. The van der Waals surface area contributed by atoms with Crippen LogP contribution < -0.4 is 0 Å². The Kier molecular flexibility index (Phi) is 9.14. The Morgan fingerprint density at radius 2 is 0.787 bits per heavy atom. The molecule has 4 aromatic heterocycles. The predicted octanol–water partition coefficient (Wildman–Crippen LogP) is 18.6. The van der Waals surface area contributed by atoms with Crippen LogP contribution in [0.2, 0.25) is 0 Å². The first-order chi connectivity index (χ1) is 37.1. The normalized spacial score (nSPS) is 12.0. The van der Waals surface area contributed by atoms with Crippen LogP contribution in [-0.2, 0) is 0 Å². The monoisotopic (exact) mass is 971 g/mol. The van der Waals surface area contributed by atoms with Gasteiger partial charge in [-0.2, -0.15) is 0 Å². The molecule has 348 valence electrons. The summed E-state index contributed by atoms with van der Waals surface area (Å²) in [7, 11) is 0. The van der Waals surface area contributed by atoms with Crippen LogP contribution in [0.25, 0.3) is 153 Å². The maximum atomic E-state index is 5.45. The number of thiophene rings is 1. The van der Waals surface area contributed by atoms with Crippen molar-refractivity contribution in [2.75, 3.05) is 0 Å². The highest BCUT2D eigenvalue weighted by molar-refractivity contribution is 7.26. The molecule has 0 aliphatic heterocycles. The van der Waals surface area contributed by atoms with E-state index in [9.17, 15) is 0 Å². The zero-order valence-corrected chi connectivity index (χ0v) is 41.1. The van der Waals surface area contributed by atoms with E-state index in [1.165, 1.54) is 80.7 Å². The molecule has 0 fully saturated rings. The number of hydrogen-bond acceptors (Lipinski definition) is 4. The average Bonchev–Trinajstić information content (AvgIpc) is 4.20. The summed E-state index contributed by atoms with van der Waals surface area (Å²) in [5.74, 6) is 1.90. The van der Waals surface area contributed by atoms with E-state index in [1.54, 1.807) is 11.3 Å². The Balaban J connectivity index is 0.942. The molecule has 16 aromatic rings. The molecule has 0 N–H and O–H groups in total. The molecule has 0 aliphatic rings. The first kappa shape index (κ1) is 41.8. The van der Waals surface area contributed by atoms with Crippen molar-refractivity contribution in [1.82, 2.24) is 24.1 Å². The van der Waals surface area contributed by atoms with Crippen LogP contribution in [0.15, 0.2) is 249 Å². The molecule has 0 spiro atoms. The van der Waals surface area contributed by atoms with Crippen LogP contribution in [0.5, 0.6) is 0 Å². The van der Waals surface area contributed by atoms with Crippen molar-refractivity contribution in [3.8, 4) is 56.7 Å². The van der Waals surface area contributed by atoms with Gasteiger partial charge in [0, 0.05) is 69.8 Å². The maximum Gasteiger partial charge on any atom is 0.165 e. The summed E-state index contributed by atoms with van der Waals surface area (Å²) >= 11 is 1.80. The lowest BCUT2D eigenvalue weighted by Crippen LogP contribution is -2.01. The molecule has 75 heavy (non-hydrogen) atoms. The molecule has 0 unspecified atom stereocenters. The second-order valence-electron chi connectivity index (χ2n) is 19.6. The van der Waals surface area contributed by atoms with Gasteiger partial charge >= 0.3 is 0 Å². The highest BCUT2D eigenvalue weighted by atomic mass is 32.1. The Labute approximate surface area is 434 Å². The molecule has 12 aromatic carbocycles. The fourth-order valence-corrected chi connectivity index (χ4v) is 13.0. The molecule has 6 heteroatoms. The van der Waals surface area contributed by atoms with Crippen molar-refractivity contribution in [3.63, 3.8) is 0 Å². The van der Waals surface area contributed by atoms with Crippen molar-refractivity contribution in [2.24, 2.45) is 0 Å². The number of fused-ring (bicyclic) bond motifs is 13. The van der Waals surface area contributed by atoms with Gasteiger partial charge in [-0.1, -0.05) is 170 Å². The predicted molar refractivity (Wildman–Crippen MR) is 316 cm³/mol. The maximum absolute atomic E-state index is 5.45. The summed E-state index contributed by atoms with van der Waals surface area (Å²) in [4.78, 5) is 16.2. The Morgan fingerprint density at radius 3 is 1.51 bits per heavy atom. The van der Waals surface area contributed by atoms with Crippen LogP contribution in [0.1, 0.15) is 0 Å². The molecular weight excluding hydrogens is 931 g/mol. The van der Waals surface area contributed by atoms with E-state index in [-0.39, 0.29) is 0 Å². The van der Waals surface area contributed by atoms with Gasteiger partial charge in [0.2, 0.25) is 0 Å². The minimum absolute atomic E-state index is 0.632. The van der Waals surface area contributed by atoms with Crippen molar-refractivity contribution >= 4 is 107 Å². The summed E-state index contributed by atoms with van der Waals surface area (Å²) < 4.78 is 7.19. The number of para-hydroxylation sites is 2. The average molecular weight is 972 g/mol. The molecule has 16 rings (SSSR count). The highest BCUT2D eigenvalue weighted by Gasteiger charge is 2.23. The number of aromatic nitrogens is 5. The van der Waals surface area contributed by atoms with Crippen LogP contribution >= 0.6 is 11.3 Å². The second kappa shape index (κ2) is 16.4. The van der Waals surface area contributed by atoms with E-state index in [4.69, 9.17) is 15.0 Å². The van der Waals surface area contributed by atoms with E-state index in [0.29, 0.717) is 17.5 Å². The van der Waals surface area contributed by atoms with E-state index in [1.807, 2.05) is 0 Å². The lowest BCUT2D eigenvalue weighted by Gasteiger charge is -2.14. The largest absolute Gasteiger partial charge is 0.309 e. The van der Waals surface area contributed by atoms with E-state index < -0.39 is 0 Å². The summed E-state index contributed by atoms with van der Waals surface area (Å²) in [6.45, 7) is 0. The third kappa shape index (κ3) is 6.60. The number of nitrogens with zero attached hydrogens (tertiary/aromatic N) is 5. The lowest BCUT2D eigenvalue weighted by molar-refractivity contribution is 1.08. The number of benzene rings is 12. The van der Waals surface area contributed by atoms with Crippen LogP contribution in [0.3, 0.4) is 0 Å². The molecule has 4 heterocycles. The molecule has 0 radical (unpaired) electrons. The molecule has 0 saturated heterocycles. The fraction of sp³-hybridized carbons (Fsp3) is 0. The zero-order valence-electron chi connectivity index (χ0n) is 40.3. The van der Waals surface area contributed by atoms with Gasteiger partial charge in [0.1, 0.15) is 0 Å². The Hall–Kier alpha value is -9.75. The zero-order chi connectivity index (χ0) is 49.1. The fourth-order valence-electron chi connectivity index (χ4n) is 11.8. The topological polar surface area (TPSA) is 48.5 Å². The van der Waals surface area contributed by atoms with Gasteiger partial charge < -0.3 is 9.13 Å². The molecule has 0 atom stereocenters. The van der Waals surface area contributed by atoms with E-state index >= 15 is 0 Å². The quantitative estimate of drug-likeness (QED) is 0.167. The summed E-state index contributed by atoms with van der Waals surface area (Å²) in [6.07, 6.45) is 0. The third-order valence-corrected chi connectivity index (χ3v) is 16.5. The van der Waals surface area contributed by atoms with Crippen molar-refractivity contribution in [1.29, 1.82) is 0 Å². The molecule has 0 bridgehead atoms. The molecule has 0 amide bonds. The van der Waals surface area contributed by atoms with Gasteiger partial charge in [0.05, 0.1) is 22.1 Å². The SMILES string of the molecule is c1ccc(-n2c3ccccc3c3cc(-c4ccc5c(c4)c4c6ccccc6ccc4n5-c4cc(-c5nc(-c6ccc7ccccc7c6)nc(-c6ccc7ccccc7c6)n5)c5sc6ccccc6c5c4)ccc32)cc1. The Bertz CT molecular complexity index is 4930. The van der Waals surface area contributed by atoms with Crippen LogP contribution in [0.4, 0.5) is 0 Å². The molecule has 5 nitrogen and oxygen atoms in total. The standard InChI is InChI=1S/C69H41N5S/c1-2-19-51(20-3-1)73-60-24-12-10-22-54(60)56-38-47(31-33-61(56)73)48-32-34-62-58(39-48)65-53-21-9-8-16-44(53)30-35-63(65)74(62)52-40-57-55-23-11-13-25-64(55)75-66(57)59(41-52)69-71-67(49-28-26-42-14-4-6-17-45(42)36-49)70-68(72-69)50-29-27-43-15-5-7-18-46(43)37-50/h1-41H. The van der Waals surface area contributed by atoms with Gasteiger partial charge in [-0.05, 0) is 122 Å². The van der Waals surface area contributed by atoms with Gasteiger partial charge in [0.25, 0.3) is 0 Å². The highest BCUT2D eigenvalue weighted by Crippen LogP contribution is 2.45. The second-order valence-corrected chi connectivity index (χ2v) is 20.6. The van der Waals surface area contributed by atoms with Crippen molar-refractivity contribution in [2.45, 2.75) is 0 Å². The molecule has 0 saturated carbocycles. The summed E-state index contributed by atoms with van der Waals surface area (Å²) in [5.41, 5.74) is 12.0. The van der Waals surface area contributed by atoms with Gasteiger partial charge in [-0.3, -0.25) is 0 Å². The first-order valence-corrected chi connectivity index (χ1v) is 26.2. The molecular formula is C69H41N5S. The van der Waals surface area contributed by atoms with E-state index in [2.05, 4.69) is 258 Å². The Morgan fingerprint density at radius 1 is 0.280 bits per heavy atom. The van der Waals surface area contributed by atoms with Gasteiger partial charge in [-0.15, -0.1) is 11.3 Å². The van der Waals surface area contributed by atoms with Crippen molar-refractivity contribution < 1.29 is 0 Å². The van der Waals surface area contributed by atoms with Crippen LogP contribution in [-0.4, -0.2) is 24.1 Å². The smallest absolute Gasteiger partial charge is 0.165 e.